The summed E-state index contributed by atoms with van der Waals surface area (Å²) in [5, 5.41) is 8.56. The monoisotopic (exact) mass is 584 g/mol. The maximum atomic E-state index is 5.75. The number of aryl methyl sites for hydroxylation is 1. The number of methoxy groups -OCH3 is 2. The fourth-order valence-electron chi connectivity index (χ4n) is 5.82. The van der Waals surface area contributed by atoms with Crippen molar-refractivity contribution < 1.29 is 14.2 Å². The lowest BCUT2D eigenvalue weighted by atomic mass is 9.93. The second-order valence-corrected chi connectivity index (χ2v) is 10.4. The zero-order valence-corrected chi connectivity index (χ0v) is 25.0. The predicted molar refractivity (Wildman–Crippen MR) is 174 cm³/mol. The SMILES string of the molecule is CCOc1ccc(NC2=Nc3ccccc3N3C2=Nc2c(c(C)nn2-c2ccccc2)[C@@H]3c2ccc(OC)c(OC)c2)cc1. The summed E-state index contributed by atoms with van der Waals surface area (Å²) in [5.74, 6) is 4.18. The first-order valence-electron chi connectivity index (χ1n) is 14.5. The summed E-state index contributed by atoms with van der Waals surface area (Å²) in [6.45, 7) is 4.62. The minimum absolute atomic E-state index is 0.288. The van der Waals surface area contributed by atoms with Gasteiger partial charge in [-0.2, -0.15) is 5.10 Å². The van der Waals surface area contributed by atoms with Crippen LogP contribution in [0.3, 0.4) is 0 Å². The van der Waals surface area contributed by atoms with E-state index in [1.165, 1.54) is 0 Å². The second-order valence-electron chi connectivity index (χ2n) is 10.4. The van der Waals surface area contributed by atoms with Gasteiger partial charge in [0.2, 0.25) is 0 Å². The Kier molecular flexibility index (Phi) is 6.98. The number of anilines is 2. The van der Waals surface area contributed by atoms with Crippen molar-refractivity contribution in [3.05, 3.63) is 114 Å². The molecule has 44 heavy (non-hydrogen) atoms. The average molecular weight is 585 g/mol. The predicted octanol–water partition coefficient (Wildman–Crippen LogP) is 7.39. The van der Waals surface area contributed by atoms with Gasteiger partial charge in [-0.15, -0.1) is 0 Å². The third kappa shape index (κ3) is 4.63. The van der Waals surface area contributed by atoms with Crippen LogP contribution in [0.4, 0.5) is 22.9 Å². The molecule has 0 bridgehead atoms. The first-order chi connectivity index (χ1) is 21.6. The number of ether oxygens (including phenoxy) is 3. The lowest BCUT2D eigenvalue weighted by Gasteiger charge is -2.40. The quantitative estimate of drug-likeness (QED) is 0.215. The van der Waals surface area contributed by atoms with Crippen molar-refractivity contribution >= 4 is 34.6 Å². The highest BCUT2D eigenvalue weighted by Crippen LogP contribution is 2.49. The maximum Gasteiger partial charge on any atom is 0.179 e. The van der Waals surface area contributed by atoms with Crippen LogP contribution >= 0.6 is 0 Å². The first kappa shape index (κ1) is 27.3. The molecule has 0 spiro atoms. The standard InChI is InChI=1S/C35H32N6O3/c1-5-44-26-18-16-24(17-19-26)36-33-35-38-34-31(22(2)39-41(34)25-11-7-6-8-12-25)32(23-15-20-29(42-3)30(21-23)43-4)40(35)28-14-10-9-13-27(28)37-33/h6-21,32H,5H2,1-4H3,(H,36,37)/t32-/m0/s1. The van der Waals surface area contributed by atoms with Crippen molar-refractivity contribution in [2.45, 2.75) is 19.9 Å². The van der Waals surface area contributed by atoms with Gasteiger partial charge in [0.05, 0.1) is 49.6 Å². The van der Waals surface area contributed by atoms with Crippen molar-refractivity contribution in [2.75, 3.05) is 31.0 Å². The van der Waals surface area contributed by atoms with Crippen LogP contribution in [-0.4, -0.2) is 42.3 Å². The highest BCUT2D eigenvalue weighted by molar-refractivity contribution is 6.51. The minimum atomic E-state index is -0.288. The van der Waals surface area contributed by atoms with E-state index >= 15 is 0 Å². The Bertz CT molecular complexity index is 1900. The number of hydrogen-bond donors (Lipinski definition) is 1. The molecule has 0 fully saturated rings. The number of fused-ring (bicyclic) bond motifs is 4. The molecule has 0 saturated heterocycles. The summed E-state index contributed by atoms with van der Waals surface area (Å²) in [6, 6.07) is 31.8. The van der Waals surface area contributed by atoms with Gasteiger partial charge in [-0.1, -0.05) is 36.4 Å². The zero-order valence-electron chi connectivity index (χ0n) is 25.0. The molecule has 0 aliphatic carbocycles. The highest BCUT2D eigenvalue weighted by atomic mass is 16.5. The van der Waals surface area contributed by atoms with E-state index in [1.54, 1.807) is 14.2 Å². The fraction of sp³-hybridized carbons (Fsp3) is 0.171. The Hall–Kier alpha value is -5.57. The smallest absolute Gasteiger partial charge is 0.179 e. The van der Waals surface area contributed by atoms with Gasteiger partial charge >= 0.3 is 0 Å². The molecule has 1 N–H and O–H groups in total. The van der Waals surface area contributed by atoms with E-state index in [-0.39, 0.29) is 6.04 Å². The van der Waals surface area contributed by atoms with Gasteiger partial charge in [-0.25, -0.2) is 14.7 Å². The summed E-state index contributed by atoms with van der Waals surface area (Å²) in [6.07, 6.45) is 0. The molecule has 4 aromatic carbocycles. The summed E-state index contributed by atoms with van der Waals surface area (Å²) >= 11 is 0. The van der Waals surface area contributed by atoms with Gasteiger partial charge < -0.3 is 24.4 Å². The van der Waals surface area contributed by atoms with E-state index in [1.807, 2.05) is 103 Å². The Labute approximate surface area is 256 Å². The molecule has 2 aliphatic heterocycles. The first-order valence-corrected chi connectivity index (χ1v) is 14.5. The Morgan fingerprint density at radius 1 is 0.818 bits per heavy atom. The Balaban J connectivity index is 1.46. The third-order valence-electron chi connectivity index (χ3n) is 7.79. The Morgan fingerprint density at radius 3 is 2.32 bits per heavy atom. The molecule has 3 heterocycles. The number of benzene rings is 4. The number of nitrogens with one attached hydrogen (secondary N) is 1. The van der Waals surface area contributed by atoms with Gasteiger partial charge in [0.15, 0.2) is 29.0 Å². The Morgan fingerprint density at radius 2 is 1.57 bits per heavy atom. The van der Waals surface area contributed by atoms with E-state index in [4.69, 9.17) is 29.3 Å². The zero-order chi connectivity index (χ0) is 30.2. The summed E-state index contributed by atoms with van der Waals surface area (Å²) in [5.41, 5.74) is 6.46. The van der Waals surface area contributed by atoms with Crippen LogP contribution in [0.5, 0.6) is 17.2 Å². The van der Waals surface area contributed by atoms with Crippen molar-refractivity contribution in [3.8, 4) is 22.9 Å². The van der Waals surface area contributed by atoms with E-state index < -0.39 is 0 Å². The van der Waals surface area contributed by atoms with Crippen LogP contribution in [0.25, 0.3) is 5.69 Å². The van der Waals surface area contributed by atoms with Crippen LogP contribution in [-0.2, 0) is 0 Å². The number of hydrogen-bond acceptors (Lipinski definition) is 8. The molecule has 1 atom stereocenters. The number of rotatable bonds is 7. The lowest BCUT2D eigenvalue weighted by molar-refractivity contribution is 0.340. The van der Waals surface area contributed by atoms with Crippen molar-refractivity contribution in [1.82, 2.24) is 9.78 Å². The number of para-hydroxylation sites is 3. The molecule has 2 aliphatic rings. The van der Waals surface area contributed by atoms with Crippen LogP contribution in [0.15, 0.2) is 107 Å². The van der Waals surface area contributed by atoms with Crippen LogP contribution in [0, 0.1) is 6.92 Å². The third-order valence-corrected chi connectivity index (χ3v) is 7.79. The molecule has 0 unspecified atom stereocenters. The lowest BCUT2D eigenvalue weighted by Crippen LogP contribution is -2.46. The molecule has 5 aromatic rings. The summed E-state index contributed by atoms with van der Waals surface area (Å²) < 4.78 is 18.9. The topological polar surface area (TPSA) is 85.5 Å². The molecule has 9 heteroatoms. The normalized spacial score (nSPS) is 14.9. The van der Waals surface area contributed by atoms with Gasteiger partial charge in [0, 0.05) is 11.3 Å². The molecule has 9 nitrogen and oxygen atoms in total. The highest BCUT2D eigenvalue weighted by Gasteiger charge is 2.41. The molecule has 0 saturated carbocycles. The molecular formula is C35H32N6O3. The molecule has 7 rings (SSSR count). The summed E-state index contributed by atoms with van der Waals surface area (Å²) in [4.78, 5) is 12.6. The largest absolute Gasteiger partial charge is 0.494 e. The van der Waals surface area contributed by atoms with Crippen molar-refractivity contribution in [2.24, 2.45) is 9.98 Å². The molecule has 1 aromatic heterocycles. The van der Waals surface area contributed by atoms with Gasteiger partial charge in [-0.3, -0.25) is 0 Å². The minimum Gasteiger partial charge on any atom is -0.494 e. The molecule has 220 valence electrons. The van der Waals surface area contributed by atoms with Gasteiger partial charge in [-0.05, 0) is 80.1 Å². The van der Waals surface area contributed by atoms with Crippen LogP contribution < -0.4 is 24.4 Å². The van der Waals surface area contributed by atoms with E-state index in [2.05, 4.69) is 22.3 Å². The number of aromatic nitrogens is 2. The summed E-state index contributed by atoms with van der Waals surface area (Å²) in [7, 11) is 3.30. The average Bonchev–Trinajstić information content (AvgIpc) is 3.40. The van der Waals surface area contributed by atoms with E-state index in [9.17, 15) is 0 Å². The van der Waals surface area contributed by atoms with E-state index in [0.29, 0.717) is 29.8 Å². The number of nitrogens with zero attached hydrogens (tertiary/aromatic N) is 5. The molecule has 0 amide bonds. The number of amidine groups is 2. The second kappa shape index (κ2) is 11.3. The maximum absolute atomic E-state index is 5.75. The molecule has 0 radical (unpaired) electrons. The van der Waals surface area contributed by atoms with Gasteiger partial charge in [0.25, 0.3) is 0 Å². The van der Waals surface area contributed by atoms with Crippen LogP contribution in [0.1, 0.15) is 29.8 Å². The molecular weight excluding hydrogens is 552 g/mol. The van der Waals surface area contributed by atoms with Crippen molar-refractivity contribution in [1.29, 1.82) is 0 Å². The van der Waals surface area contributed by atoms with Gasteiger partial charge in [0.1, 0.15) is 5.75 Å². The number of aliphatic imine (C=N–C) groups is 2. The fourth-order valence-corrected chi connectivity index (χ4v) is 5.82. The van der Waals surface area contributed by atoms with Crippen LogP contribution in [0.2, 0.25) is 0 Å². The van der Waals surface area contributed by atoms with E-state index in [0.717, 1.165) is 51.1 Å². The van der Waals surface area contributed by atoms with Crippen molar-refractivity contribution in [3.63, 3.8) is 0 Å².